The van der Waals surface area contributed by atoms with Crippen LogP contribution in [0.2, 0.25) is 0 Å². The minimum absolute atomic E-state index is 0.601. The molecule has 0 aliphatic rings. The summed E-state index contributed by atoms with van der Waals surface area (Å²) in [5, 5.41) is 6.44. The molecule has 18 heavy (non-hydrogen) atoms. The second-order valence-electron chi connectivity index (χ2n) is 4.73. The number of rotatable bonds is 6. The number of fused-ring (bicyclic) bond motifs is 1. The molecule has 0 radical (unpaired) electrons. The molecule has 0 bridgehead atoms. The van der Waals surface area contributed by atoms with Crippen molar-refractivity contribution in [1.29, 1.82) is 0 Å². The lowest BCUT2D eigenvalue weighted by Crippen LogP contribution is -2.28. The summed E-state index contributed by atoms with van der Waals surface area (Å²) in [4.78, 5) is 12.2. The maximum absolute atomic E-state index is 4.47. The minimum Gasteiger partial charge on any atom is -0.354 e. The molecule has 0 atom stereocenters. The van der Waals surface area contributed by atoms with Crippen LogP contribution in [-0.4, -0.2) is 41.0 Å². The van der Waals surface area contributed by atoms with Gasteiger partial charge in [0.2, 0.25) is 5.95 Å². The summed E-state index contributed by atoms with van der Waals surface area (Å²) >= 11 is 1.65. The van der Waals surface area contributed by atoms with Gasteiger partial charge in [-0.1, -0.05) is 0 Å². The number of anilines is 1. The van der Waals surface area contributed by atoms with E-state index in [1.54, 1.807) is 11.3 Å². The van der Waals surface area contributed by atoms with Crippen molar-refractivity contribution in [2.75, 3.05) is 25.5 Å². The van der Waals surface area contributed by atoms with Gasteiger partial charge in [0.1, 0.15) is 4.83 Å². The van der Waals surface area contributed by atoms with E-state index in [-0.39, 0.29) is 0 Å². The maximum atomic E-state index is 4.47. The average Bonchev–Trinajstić information content (AvgIpc) is 2.81. The molecule has 0 aliphatic carbocycles. The van der Waals surface area contributed by atoms with Crippen LogP contribution in [-0.2, 0) is 0 Å². The summed E-state index contributed by atoms with van der Waals surface area (Å²) in [6.45, 7) is 6.42. The summed E-state index contributed by atoms with van der Waals surface area (Å²) in [6, 6.07) is 2.64. The summed E-state index contributed by atoms with van der Waals surface area (Å²) in [5.74, 6) is 0.733. The van der Waals surface area contributed by atoms with Crippen LogP contribution in [0.3, 0.4) is 0 Å². The zero-order valence-electron chi connectivity index (χ0n) is 11.2. The van der Waals surface area contributed by atoms with Gasteiger partial charge in [0.15, 0.2) is 0 Å². The molecule has 4 nitrogen and oxygen atoms in total. The largest absolute Gasteiger partial charge is 0.354 e. The zero-order chi connectivity index (χ0) is 13.0. The maximum Gasteiger partial charge on any atom is 0.224 e. The number of nitrogens with zero attached hydrogens (tertiary/aromatic N) is 3. The third kappa shape index (κ3) is 3.40. The van der Waals surface area contributed by atoms with Crippen LogP contribution >= 0.6 is 11.3 Å². The molecular weight excluding hydrogens is 244 g/mol. The number of hydrogen-bond donors (Lipinski definition) is 1. The molecule has 2 aromatic heterocycles. The fraction of sp³-hybridized carbons (Fsp3) is 0.538. The van der Waals surface area contributed by atoms with Crippen LogP contribution in [0.25, 0.3) is 10.2 Å². The topological polar surface area (TPSA) is 41.0 Å². The van der Waals surface area contributed by atoms with Crippen molar-refractivity contribution in [2.45, 2.75) is 26.3 Å². The van der Waals surface area contributed by atoms with E-state index in [0.29, 0.717) is 6.04 Å². The molecule has 0 spiro atoms. The van der Waals surface area contributed by atoms with Crippen molar-refractivity contribution < 1.29 is 0 Å². The first-order valence-corrected chi connectivity index (χ1v) is 7.19. The van der Waals surface area contributed by atoms with Gasteiger partial charge in [0.05, 0.1) is 0 Å². The van der Waals surface area contributed by atoms with Gasteiger partial charge in [0.25, 0.3) is 0 Å². The monoisotopic (exact) mass is 264 g/mol. The predicted octanol–water partition coefficient (Wildman–Crippen LogP) is 2.83. The quantitative estimate of drug-likeness (QED) is 0.815. The van der Waals surface area contributed by atoms with Crippen molar-refractivity contribution >= 4 is 27.5 Å². The molecule has 2 heterocycles. The highest BCUT2D eigenvalue weighted by Crippen LogP contribution is 2.18. The van der Waals surface area contributed by atoms with E-state index >= 15 is 0 Å². The number of aromatic nitrogens is 2. The van der Waals surface area contributed by atoms with Crippen LogP contribution in [0.15, 0.2) is 17.6 Å². The molecule has 98 valence electrons. The molecule has 2 rings (SSSR count). The third-order valence-electron chi connectivity index (χ3n) is 3.06. The normalized spacial score (nSPS) is 11.6. The molecule has 0 aliphatic heterocycles. The van der Waals surface area contributed by atoms with E-state index in [4.69, 9.17) is 0 Å². The third-order valence-corrected chi connectivity index (χ3v) is 3.88. The summed E-state index contributed by atoms with van der Waals surface area (Å²) < 4.78 is 0. The zero-order valence-corrected chi connectivity index (χ0v) is 12.0. The predicted molar refractivity (Wildman–Crippen MR) is 78.3 cm³/mol. The van der Waals surface area contributed by atoms with Crippen molar-refractivity contribution in [3.05, 3.63) is 17.6 Å². The van der Waals surface area contributed by atoms with Crippen molar-refractivity contribution in [3.63, 3.8) is 0 Å². The van der Waals surface area contributed by atoms with E-state index in [0.717, 1.165) is 35.7 Å². The molecule has 5 heteroatoms. The van der Waals surface area contributed by atoms with E-state index < -0.39 is 0 Å². The van der Waals surface area contributed by atoms with Gasteiger partial charge in [-0.25, -0.2) is 9.97 Å². The fourth-order valence-corrected chi connectivity index (χ4v) is 2.37. The van der Waals surface area contributed by atoms with Crippen LogP contribution in [0.1, 0.15) is 20.3 Å². The van der Waals surface area contributed by atoms with Crippen LogP contribution in [0.4, 0.5) is 5.95 Å². The van der Waals surface area contributed by atoms with E-state index in [9.17, 15) is 0 Å². The summed E-state index contributed by atoms with van der Waals surface area (Å²) in [5.41, 5.74) is 0. The van der Waals surface area contributed by atoms with Crippen molar-refractivity contribution in [1.82, 2.24) is 14.9 Å². The lowest BCUT2D eigenvalue weighted by atomic mass is 10.3. The molecule has 0 amide bonds. The Hall–Kier alpha value is -1.20. The highest BCUT2D eigenvalue weighted by Gasteiger charge is 2.03. The SMILES string of the molecule is CC(C)N(C)CCCNc1ncc2ccsc2n1. The summed E-state index contributed by atoms with van der Waals surface area (Å²) in [6.07, 6.45) is 2.97. The van der Waals surface area contributed by atoms with Crippen LogP contribution in [0.5, 0.6) is 0 Å². The Balaban J connectivity index is 1.79. The molecule has 2 aromatic rings. The molecule has 0 saturated carbocycles. The molecular formula is C13H20N4S. The van der Waals surface area contributed by atoms with Gasteiger partial charge in [-0.3, -0.25) is 0 Å². The first-order chi connectivity index (χ1) is 8.66. The van der Waals surface area contributed by atoms with Crippen LogP contribution < -0.4 is 5.32 Å². The lowest BCUT2D eigenvalue weighted by Gasteiger charge is -2.20. The smallest absolute Gasteiger partial charge is 0.224 e. The second kappa shape index (κ2) is 6.11. The Kier molecular flexibility index (Phi) is 4.49. The number of hydrogen-bond acceptors (Lipinski definition) is 5. The van der Waals surface area contributed by atoms with Crippen LogP contribution in [0, 0.1) is 0 Å². The van der Waals surface area contributed by atoms with Gasteiger partial charge in [-0.05, 0) is 45.3 Å². The van der Waals surface area contributed by atoms with E-state index in [2.05, 4.69) is 41.1 Å². The fourth-order valence-electron chi connectivity index (χ4n) is 1.63. The van der Waals surface area contributed by atoms with Gasteiger partial charge in [0, 0.05) is 24.2 Å². The Labute approximate surface area is 112 Å². The Bertz CT molecular complexity index is 494. The first-order valence-electron chi connectivity index (χ1n) is 6.31. The Morgan fingerprint density at radius 3 is 3.06 bits per heavy atom. The number of thiophene rings is 1. The second-order valence-corrected chi connectivity index (χ2v) is 5.62. The van der Waals surface area contributed by atoms with Crippen molar-refractivity contribution in [3.8, 4) is 0 Å². The van der Waals surface area contributed by atoms with Gasteiger partial charge >= 0.3 is 0 Å². The van der Waals surface area contributed by atoms with E-state index in [1.807, 2.05) is 17.6 Å². The molecule has 0 aromatic carbocycles. The van der Waals surface area contributed by atoms with Gasteiger partial charge in [-0.15, -0.1) is 11.3 Å². The van der Waals surface area contributed by atoms with Crippen molar-refractivity contribution in [2.24, 2.45) is 0 Å². The lowest BCUT2D eigenvalue weighted by molar-refractivity contribution is 0.273. The number of nitrogens with one attached hydrogen (secondary N) is 1. The molecule has 0 saturated heterocycles. The van der Waals surface area contributed by atoms with Gasteiger partial charge in [-0.2, -0.15) is 0 Å². The molecule has 0 unspecified atom stereocenters. The summed E-state index contributed by atoms with van der Waals surface area (Å²) in [7, 11) is 2.15. The highest BCUT2D eigenvalue weighted by molar-refractivity contribution is 7.16. The molecule has 1 N–H and O–H groups in total. The molecule has 0 fully saturated rings. The van der Waals surface area contributed by atoms with Gasteiger partial charge < -0.3 is 10.2 Å². The minimum atomic E-state index is 0.601. The Morgan fingerprint density at radius 2 is 2.28 bits per heavy atom. The average molecular weight is 264 g/mol. The first kappa shape index (κ1) is 13.2. The Morgan fingerprint density at radius 1 is 1.44 bits per heavy atom. The highest BCUT2D eigenvalue weighted by atomic mass is 32.1. The van der Waals surface area contributed by atoms with E-state index in [1.165, 1.54) is 0 Å². The standard InChI is InChI=1S/C13H20N4S/c1-10(2)17(3)7-4-6-14-13-15-9-11-5-8-18-12(11)16-13/h5,8-10H,4,6-7H2,1-3H3,(H,14,15,16).